The number of fused-ring (bicyclic) bond motifs is 2. The third-order valence-electron chi connectivity index (χ3n) is 7.83. The highest BCUT2D eigenvalue weighted by Gasteiger charge is 2.45. The molecular formula is C25H27Cl2N8O6PS. The van der Waals surface area contributed by atoms with Crippen LogP contribution in [0.25, 0.3) is 22.2 Å². The first-order chi connectivity index (χ1) is 20.9. The maximum Gasteiger partial charge on any atom is 0.327 e. The summed E-state index contributed by atoms with van der Waals surface area (Å²) in [6.07, 6.45) is 5.34. The predicted molar refractivity (Wildman–Crippen MR) is 157 cm³/mol. The number of hydrogen-bond donors (Lipinski definition) is 2. The lowest BCUT2D eigenvalue weighted by Crippen LogP contribution is -2.43. The van der Waals surface area contributed by atoms with Gasteiger partial charge in [-0.2, -0.15) is 5.26 Å². The highest BCUT2D eigenvalue weighted by molar-refractivity contribution is 8.07. The summed E-state index contributed by atoms with van der Waals surface area (Å²) in [7, 11) is 0. The molecule has 5 heterocycles. The maximum atomic E-state index is 10.2. The van der Waals surface area contributed by atoms with E-state index in [0.29, 0.717) is 40.2 Å². The minimum atomic E-state index is -3.41. The number of imidazole rings is 1. The van der Waals surface area contributed by atoms with Gasteiger partial charge in [-0.15, -0.1) is 0 Å². The molecule has 2 N–H and O–H groups in total. The van der Waals surface area contributed by atoms with E-state index in [0.717, 1.165) is 0 Å². The molecule has 18 heteroatoms. The molecule has 4 aromatic heterocycles. The third-order valence-corrected chi connectivity index (χ3v) is 10.8. The standard InChI is InChI=1S/C25H27Cl2N8O6PS/c26-22-15-2-4-34(24(15)31-11-29-22)20-7-18(19(9-37)40-20)41-42(43,38-5-1-3-28)39-10-14-6-17(16(14)8-36)35-13-33-21-23(27)30-12-32-25(21)35/h2,4,11-14,16-20,36-37H,1,5-10H2/t14-,16-,17-,18+,19-,20-,42?/m1/s1. The number of aliphatic hydroxyl groups excluding tert-OH is 2. The molecule has 1 aliphatic heterocycles. The number of hydrogen-bond acceptors (Lipinski definition) is 13. The second kappa shape index (κ2) is 12.9. The van der Waals surface area contributed by atoms with Gasteiger partial charge in [0.05, 0.1) is 50.1 Å². The lowest BCUT2D eigenvalue weighted by molar-refractivity contribution is -0.0449. The van der Waals surface area contributed by atoms with Crippen molar-refractivity contribution in [1.82, 2.24) is 34.1 Å². The third kappa shape index (κ3) is 6.02. The van der Waals surface area contributed by atoms with Crippen LogP contribution in [0.3, 0.4) is 0 Å². The van der Waals surface area contributed by atoms with Gasteiger partial charge < -0.3 is 37.7 Å². The van der Waals surface area contributed by atoms with Crippen LogP contribution in [-0.4, -0.2) is 82.9 Å². The minimum Gasteiger partial charge on any atom is -0.396 e. The first-order valence-corrected chi connectivity index (χ1v) is 16.8. The van der Waals surface area contributed by atoms with Gasteiger partial charge in [0.25, 0.3) is 0 Å². The Balaban J connectivity index is 1.15. The van der Waals surface area contributed by atoms with Crippen LogP contribution in [0.4, 0.5) is 0 Å². The predicted octanol–water partition coefficient (Wildman–Crippen LogP) is 3.58. The Morgan fingerprint density at radius 1 is 1.05 bits per heavy atom. The molecular weight excluding hydrogens is 642 g/mol. The Kier molecular flexibility index (Phi) is 9.23. The molecule has 0 aromatic carbocycles. The van der Waals surface area contributed by atoms with Crippen molar-refractivity contribution in [3.63, 3.8) is 0 Å². The van der Waals surface area contributed by atoms with Crippen LogP contribution in [0.15, 0.2) is 31.2 Å². The summed E-state index contributed by atoms with van der Waals surface area (Å²) in [4.78, 5) is 20.9. The summed E-state index contributed by atoms with van der Waals surface area (Å²) in [6.45, 7) is -3.65. The lowest BCUT2D eigenvalue weighted by atomic mass is 9.70. The van der Waals surface area contributed by atoms with Gasteiger partial charge >= 0.3 is 6.72 Å². The molecule has 4 aromatic rings. The highest BCUT2D eigenvalue weighted by atomic mass is 35.5. The van der Waals surface area contributed by atoms with Gasteiger partial charge in [-0.3, -0.25) is 0 Å². The van der Waals surface area contributed by atoms with E-state index in [-0.39, 0.29) is 55.9 Å². The maximum absolute atomic E-state index is 10.2. The zero-order valence-electron chi connectivity index (χ0n) is 22.5. The molecule has 1 unspecified atom stereocenters. The van der Waals surface area contributed by atoms with Crippen molar-refractivity contribution in [2.24, 2.45) is 11.8 Å². The van der Waals surface area contributed by atoms with Crippen LogP contribution in [0.5, 0.6) is 0 Å². The van der Waals surface area contributed by atoms with Gasteiger partial charge in [-0.05, 0) is 30.2 Å². The van der Waals surface area contributed by atoms with E-state index in [1.807, 2.05) is 10.6 Å². The first-order valence-electron chi connectivity index (χ1n) is 13.5. The number of nitriles is 1. The van der Waals surface area contributed by atoms with Crippen LogP contribution in [0.1, 0.15) is 31.5 Å². The monoisotopic (exact) mass is 668 g/mol. The summed E-state index contributed by atoms with van der Waals surface area (Å²) in [5.74, 6) is -0.235. The second-order valence-electron chi connectivity index (χ2n) is 10.2. The number of aromatic nitrogens is 7. The fourth-order valence-corrected chi connectivity index (χ4v) is 8.14. The molecule has 1 saturated carbocycles. The quantitative estimate of drug-likeness (QED) is 0.127. The molecule has 1 saturated heterocycles. The molecule has 228 valence electrons. The zero-order chi connectivity index (χ0) is 30.1. The topological polar surface area (TPSA) is 175 Å². The highest BCUT2D eigenvalue weighted by Crippen LogP contribution is 2.56. The molecule has 6 rings (SSSR count). The summed E-state index contributed by atoms with van der Waals surface area (Å²) in [5.41, 5.74) is 1.66. The van der Waals surface area contributed by atoms with Gasteiger partial charge in [0.1, 0.15) is 41.3 Å². The minimum absolute atomic E-state index is 0.0183. The molecule has 2 aliphatic rings. The van der Waals surface area contributed by atoms with Crippen LogP contribution in [-0.2, 0) is 30.1 Å². The van der Waals surface area contributed by atoms with Gasteiger partial charge in [0.15, 0.2) is 10.8 Å². The Hall–Kier alpha value is -2.35. The Labute approximate surface area is 260 Å². The van der Waals surface area contributed by atoms with E-state index in [4.69, 9.17) is 58.6 Å². The summed E-state index contributed by atoms with van der Waals surface area (Å²) in [6, 6.07) is 3.74. The van der Waals surface area contributed by atoms with Gasteiger partial charge in [-0.25, -0.2) is 24.9 Å². The van der Waals surface area contributed by atoms with E-state index < -0.39 is 25.2 Å². The average Bonchev–Trinajstić information content (AvgIpc) is 3.71. The Bertz CT molecular complexity index is 1700. The van der Waals surface area contributed by atoms with E-state index >= 15 is 0 Å². The fourth-order valence-electron chi connectivity index (χ4n) is 5.60. The van der Waals surface area contributed by atoms with Crippen molar-refractivity contribution in [3.8, 4) is 6.07 Å². The van der Waals surface area contributed by atoms with E-state index in [9.17, 15) is 10.2 Å². The molecule has 14 nitrogen and oxygen atoms in total. The van der Waals surface area contributed by atoms with Gasteiger partial charge in [-0.1, -0.05) is 23.2 Å². The SMILES string of the molecule is N#CCCOP(=S)(OC[C@H]1C[C@@H](n2cnc3c(Cl)ncnc32)[C@@H]1CO)O[C@H]1C[C@H](n2ccc3c(Cl)ncnc32)O[C@@H]1CO. The zero-order valence-corrected chi connectivity index (χ0v) is 25.7. The molecule has 2 fully saturated rings. The summed E-state index contributed by atoms with van der Waals surface area (Å²) in [5, 5.41) is 30.6. The van der Waals surface area contributed by atoms with Gasteiger partial charge in [0.2, 0.25) is 0 Å². The number of nitrogens with zero attached hydrogens (tertiary/aromatic N) is 8. The number of rotatable bonds is 12. The van der Waals surface area contributed by atoms with Crippen molar-refractivity contribution in [2.45, 2.75) is 43.7 Å². The van der Waals surface area contributed by atoms with Crippen molar-refractivity contribution in [2.75, 3.05) is 26.4 Å². The van der Waals surface area contributed by atoms with Crippen molar-refractivity contribution in [3.05, 3.63) is 41.6 Å². The van der Waals surface area contributed by atoms with Crippen molar-refractivity contribution in [1.29, 1.82) is 5.26 Å². The fraction of sp³-hybridized carbons (Fsp3) is 0.520. The smallest absolute Gasteiger partial charge is 0.327 e. The molecule has 0 radical (unpaired) electrons. The molecule has 7 atom stereocenters. The Morgan fingerprint density at radius 3 is 2.60 bits per heavy atom. The molecule has 0 spiro atoms. The average molecular weight is 669 g/mol. The molecule has 0 amide bonds. The molecule has 43 heavy (non-hydrogen) atoms. The number of ether oxygens (including phenoxy) is 1. The van der Waals surface area contributed by atoms with Crippen LogP contribution < -0.4 is 0 Å². The van der Waals surface area contributed by atoms with Crippen molar-refractivity contribution < 1.29 is 28.5 Å². The molecule has 0 bridgehead atoms. The van der Waals surface area contributed by atoms with E-state index in [1.165, 1.54) is 12.7 Å². The largest absolute Gasteiger partial charge is 0.396 e. The first kappa shape index (κ1) is 30.7. The van der Waals surface area contributed by atoms with Crippen LogP contribution in [0, 0.1) is 23.2 Å². The number of halogens is 2. The van der Waals surface area contributed by atoms with Gasteiger partial charge in [0, 0.05) is 31.2 Å². The lowest BCUT2D eigenvalue weighted by Gasteiger charge is -2.44. The van der Waals surface area contributed by atoms with E-state index in [2.05, 4.69) is 24.9 Å². The number of aliphatic hydroxyl groups is 2. The van der Waals surface area contributed by atoms with Crippen LogP contribution in [0.2, 0.25) is 10.3 Å². The van der Waals surface area contributed by atoms with Crippen molar-refractivity contribution >= 4 is 63.9 Å². The molecule has 1 aliphatic carbocycles. The van der Waals surface area contributed by atoms with Crippen LogP contribution >= 0.6 is 29.9 Å². The van der Waals surface area contributed by atoms with E-state index in [1.54, 1.807) is 23.2 Å². The summed E-state index contributed by atoms with van der Waals surface area (Å²) >= 11 is 18.2. The summed E-state index contributed by atoms with van der Waals surface area (Å²) < 4.78 is 28.1. The second-order valence-corrected chi connectivity index (χ2v) is 13.9. The normalized spacial score (nSPS) is 26.9. The Morgan fingerprint density at radius 2 is 1.84 bits per heavy atom.